The Hall–Kier alpha value is -0.610. The van der Waals surface area contributed by atoms with Crippen molar-refractivity contribution in [2.45, 2.75) is 38.1 Å². The van der Waals surface area contributed by atoms with Crippen molar-refractivity contribution in [3.8, 4) is 0 Å². The number of nitrogens with two attached hydrogens (primary N) is 1. The van der Waals surface area contributed by atoms with Crippen LogP contribution in [0, 0.1) is 11.8 Å². The van der Waals surface area contributed by atoms with Gasteiger partial charge in [-0.15, -0.1) is 0 Å². The molecule has 16 heavy (non-hydrogen) atoms. The number of nitrogens with one attached hydrogen (secondary N) is 1. The monoisotopic (exact) mass is 226 g/mol. The lowest BCUT2D eigenvalue weighted by Gasteiger charge is -2.27. The van der Waals surface area contributed by atoms with Crippen molar-refractivity contribution < 1.29 is 9.53 Å². The van der Waals surface area contributed by atoms with E-state index in [0.29, 0.717) is 5.92 Å². The van der Waals surface area contributed by atoms with Gasteiger partial charge in [-0.05, 0) is 19.3 Å². The highest BCUT2D eigenvalue weighted by Crippen LogP contribution is 2.23. The van der Waals surface area contributed by atoms with Crippen LogP contribution in [-0.2, 0) is 9.53 Å². The first-order valence-corrected chi connectivity index (χ1v) is 6.38. The van der Waals surface area contributed by atoms with Gasteiger partial charge in [-0.3, -0.25) is 4.79 Å². The second-order valence-electron chi connectivity index (χ2n) is 5.03. The Bertz CT molecular complexity index is 239. The standard InChI is InChI=1S/C12H22N2O2/c13-11-4-2-1-3-10(11)12(15)14-7-9-5-6-16-8-9/h9-11H,1-8,13H2,(H,14,15). The zero-order valence-corrected chi connectivity index (χ0v) is 9.78. The van der Waals surface area contributed by atoms with Crippen LogP contribution in [0.2, 0.25) is 0 Å². The first-order valence-electron chi connectivity index (χ1n) is 6.38. The molecule has 1 heterocycles. The topological polar surface area (TPSA) is 64.4 Å². The van der Waals surface area contributed by atoms with Gasteiger partial charge in [0.2, 0.25) is 5.91 Å². The van der Waals surface area contributed by atoms with Crippen LogP contribution < -0.4 is 11.1 Å². The Balaban J connectivity index is 1.73. The lowest BCUT2D eigenvalue weighted by molar-refractivity contribution is -0.126. The molecule has 1 saturated heterocycles. The lowest BCUT2D eigenvalue weighted by Crippen LogP contribution is -2.44. The molecule has 0 aromatic heterocycles. The molecule has 3 atom stereocenters. The van der Waals surface area contributed by atoms with E-state index in [4.69, 9.17) is 10.5 Å². The minimum absolute atomic E-state index is 0.0380. The molecule has 2 fully saturated rings. The summed E-state index contributed by atoms with van der Waals surface area (Å²) in [5.41, 5.74) is 5.98. The fourth-order valence-corrected chi connectivity index (χ4v) is 2.61. The van der Waals surface area contributed by atoms with E-state index in [2.05, 4.69) is 5.32 Å². The van der Waals surface area contributed by atoms with Crippen molar-refractivity contribution in [1.29, 1.82) is 0 Å². The minimum atomic E-state index is 0.0380. The van der Waals surface area contributed by atoms with Crippen molar-refractivity contribution >= 4 is 5.91 Å². The van der Waals surface area contributed by atoms with Crippen molar-refractivity contribution in [1.82, 2.24) is 5.32 Å². The zero-order chi connectivity index (χ0) is 11.4. The Morgan fingerprint density at radius 3 is 2.81 bits per heavy atom. The maximum absolute atomic E-state index is 11.9. The molecule has 0 radical (unpaired) electrons. The molecule has 2 rings (SSSR count). The van der Waals surface area contributed by atoms with Crippen LogP contribution in [0.3, 0.4) is 0 Å². The van der Waals surface area contributed by atoms with Gasteiger partial charge in [0, 0.05) is 25.1 Å². The zero-order valence-electron chi connectivity index (χ0n) is 9.78. The van der Waals surface area contributed by atoms with E-state index in [1.54, 1.807) is 0 Å². The number of hydrogen-bond acceptors (Lipinski definition) is 3. The van der Waals surface area contributed by atoms with Crippen LogP contribution >= 0.6 is 0 Å². The molecule has 1 aliphatic heterocycles. The maximum atomic E-state index is 11.9. The van der Waals surface area contributed by atoms with Gasteiger partial charge in [0.1, 0.15) is 0 Å². The van der Waals surface area contributed by atoms with Crippen LogP contribution in [0.4, 0.5) is 0 Å². The molecule has 1 aliphatic carbocycles. The number of carbonyl (C=O) groups excluding carboxylic acids is 1. The third-order valence-electron chi connectivity index (χ3n) is 3.75. The van der Waals surface area contributed by atoms with Crippen LogP contribution in [0.5, 0.6) is 0 Å². The Morgan fingerprint density at radius 2 is 2.12 bits per heavy atom. The summed E-state index contributed by atoms with van der Waals surface area (Å²) in [5, 5.41) is 3.03. The van der Waals surface area contributed by atoms with Gasteiger partial charge in [0.05, 0.1) is 12.5 Å². The normalized spacial score (nSPS) is 34.9. The number of ether oxygens (including phenoxy) is 1. The van der Waals surface area contributed by atoms with Crippen molar-refractivity contribution in [3.05, 3.63) is 0 Å². The lowest BCUT2D eigenvalue weighted by atomic mass is 9.84. The average Bonchev–Trinajstić information content (AvgIpc) is 2.79. The van der Waals surface area contributed by atoms with Gasteiger partial charge in [-0.1, -0.05) is 12.8 Å². The highest BCUT2D eigenvalue weighted by molar-refractivity contribution is 5.79. The summed E-state index contributed by atoms with van der Waals surface area (Å²) >= 11 is 0. The number of amides is 1. The third kappa shape index (κ3) is 2.95. The third-order valence-corrected chi connectivity index (χ3v) is 3.75. The predicted molar refractivity (Wildman–Crippen MR) is 61.9 cm³/mol. The first-order chi connectivity index (χ1) is 7.77. The number of hydrogen-bond donors (Lipinski definition) is 2. The van der Waals surface area contributed by atoms with E-state index in [9.17, 15) is 4.79 Å². The quantitative estimate of drug-likeness (QED) is 0.743. The summed E-state index contributed by atoms with van der Waals surface area (Å²) < 4.78 is 5.28. The summed E-state index contributed by atoms with van der Waals surface area (Å²) in [6.45, 7) is 2.38. The van der Waals surface area contributed by atoms with E-state index in [0.717, 1.165) is 45.4 Å². The Morgan fingerprint density at radius 1 is 1.31 bits per heavy atom. The summed E-state index contributed by atoms with van der Waals surface area (Å²) in [6.07, 6.45) is 5.32. The fraction of sp³-hybridized carbons (Fsp3) is 0.917. The van der Waals surface area contributed by atoms with Gasteiger partial charge in [0.15, 0.2) is 0 Å². The van der Waals surface area contributed by atoms with Crippen LogP contribution in [0.25, 0.3) is 0 Å². The first kappa shape index (κ1) is 11.9. The van der Waals surface area contributed by atoms with E-state index in [1.807, 2.05) is 0 Å². The molecule has 0 spiro atoms. The van der Waals surface area contributed by atoms with Gasteiger partial charge < -0.3 is 15.8 Å². The molecule has 4 heteroatoms. The van der Waals surface area contributed by atoms with Crippen LogP contribution in [-0.4, -0.2) is 31.7 Å². The van der Waals surface area contributed by atoms with E-state index < -0.39 is 0 Å². The summed E-state index contributed by atoms with van der Waals surface area (Å²) in [4.78, 5) is 11.9. The van der Waals surface area contributed by atoms with Crippen molar-refractivity contribution in [2.24, 2.45) is 17.6 Å². The fourth-order valence-electron chi connectivity index (χ4n) is 2.61. The molecule has 92 valence electrons. The molecule has 3 N–H and O–H groups in total. The van der Waals surface area contributed by atoms with Gasteiger partial charge >= 0.3 is 0 Å². The predicted octanol–water partition coefficient (Wildman–Crippen LogP) is 0.657. The molecular weight excluding hydrogens is 204 g/mol. The summed E-state index contributed by atoms with van der Waals surface area (Å²) in [5.74, 6) is 0.693. The van der Waals surface area contributed by atoms with Crippen molar-refractivity contribution in [2.75, 3.05) is 19.8 Å². The number of carbonyl (C=O) groups is 1. The van der Waals surface area contributed by atoms with Gasteiger partial charge in [0.25, 0.3) is 0 Å². The summed E-state index contributed by atoms with van der Waals surface area (Å²) in [7, 11) is 0. The minimum Gasteiger partial charge on any atom is -0.381 e. The van der Waals surface area contributed by atoms with E-state index >= 15 is 0 Å². The smallest absolute Gasteiger partial charge is 0.224 e. The maximum Gasteiger partial charge on any atom is 0.224 e. The molecule has 2 aliphatic rings. The Kier molecular flexibility index (Phi) is 4.18. The van der Waals surface area contributed by atoms with Crippen LogP contribution in [0.15, 0.2) is 0 Å². The molecule has 1 amide bonds. The van der Waals surface area contributed by atoms with Crippen molar-refractivity contribution in [3.63, 3.8) is 0 Å². The highest BCUT2D eigenvalue weighted by atomic mass is 16.5. The van der Waals surface area contributed by atoms with Crippen LogP contribution in [0.1, 0.15) is 32.1 Å². The number of rotatable bonds is 3. The molecule has 0 aromatic rings. The van der Waals surface area contributed by atoms with Gasteiger partial charge in [-0.2, -0.15) is 0 Å². The van der Waals surface area contributed by atoms with Gasteiger partial charge in [-0.25, -0.2) is 0 Å². The van der Waals surface area contributed by atoms with E-state index in [-0.39, 0.29) is 17.9 Å². The Labute approximate surface area is 96.9 Å². The molecule has 1 saturated carbocycles. The molecule has 4 nitrogen and oxygen atoms in total. The average molecular weight is 226 g/mol. The second kappa shape index (κ2) is 5.64. The molecular formula is C12H22N2O2. The largest absolute Gasteiger partial charge is 0.381 e. The highest BCUT2D eigenvalue weighted by Gasteiger charge is 2.28. The molecule has 0 bridgehead atoms. The molecule has 3 unspecified atom stereocenters. The SMILES string of the molecule is NC1CCCCC1C(=O)NCC1CCOC1. The molecule has 0 aromatic carbocycles. The van der Waals surface area contributed by atoms with E-state index in [1.165, 1.54) is 6.42 Å². The summed E-state index contributed by atoms with van der Waals surface area (Å²) in [6, 6.07) is 0.0635. The second-order valence-corrected chi connectivity index (χ2v) is 5.03.